The van der Waals surface area contributed by atoms with E-state index >= 15 is 0 Å². The maximum Gasteiger partial charge on any atom is 0.228 e. The number of nitrogens with zero attached hydrogens (tertiary/aromatic N) is 1. The summed E-state index contributed by atoms with van der Waals surface area (Å²) in [4.78, 5) is 19.9. The second kappa shape index (κ2) is 5.57. The average molecular weight is 301 g/mol. The second-order valence-electron chi connectivity index (χ2n) is 5.50. The Morgan fingerprint density at radius 1 is 1.09 bits per heavy atom. The van der Waals surface area contributed by atoms with Crippen molar-refractivity contribution in [1.29, 1.82) is 0 Å². The summed E-state index contributed by atoms with van der Waals surface area (Å²) in [6, 6.07) is 17.8. The number of fused-ring (bicyclic) bond motifs is 2. The highest BCUT2D eigenvalue weighted by atomic mass is 16.1. The fourth-order valence-corrected chi connectivity index (χ4v) is 2.80. The molecule has 0 unspecified atom stereocenters. The van der Waals surface area contributed by atoms with E-state index in [1.807, 2.05) is 60.8 Å². The maximum atomic E-state index is 12.3. The molecular weight excluding hydrogens is 286 g/mol. The molecule has 0 aliphatic rings. The van der Waals surface area contributed by atoms with Gasteiger partial charge in [-0.2, -0.15) is 0 Å². The molecule has 0 aliphatic carbocycles. The number of aromatic nitrogens is 2. The van der Waals surface area contributed by atoms with E-state index in [0.29, 0.717) is 12.1 Å². The van der Waals surface area contributed by atoms with Gasteiger partial charge in [0, 0.05) is 22.5 Å². The number of carbonyl (C=O) groups excluding carboxylic acids is 1. The SMILES string of the molecule is O=C(Cc1c[nH]c2ccccc12)Nc1cnc2ccccc2c1. The fraction of sp³-hybridized carbons (Fsp3) is 0.0526. The van der Waals surface area contributed by atoms with Crippen LogP contribution >= 0.6 is 0 Å². The summed E-state index contributed by atoms with van der Waals surface area (Å²) in [5.74, 6) is -0.0492. The van der Waals surface area contributed by atoms with Gasteiger partial charge in [0.1, 0.15) is 0 Å². The minimum Gasteiger partial charge on any atom is -0.361 e. The molecule has 2 heterocycles. The third kappa shape index (κ3) is 2.66. The molecule has 4 aromatic rings. The Labute approximate surface area is 133 Å². The van der Waals surface area contributed by atoms with Crippen LogP contribution in [0.15, 0.2) is 67.0 Å². The van der Waals surface area contributed by atoms with Crippen molar-refractivity contribution in [2.75, 3.05) is 5.32 Å². The van der Waals surface area contributed by atoms with E-state index in [1.165, 1.54) is 0 Å². The molecule has 2 aromatic carbocycles. The van der Waals surface area contributed by atoms with Crippen molar-refractivity contribution in [2.24, 2.45) is 0 Å². The molecule has 0 saturated heterocycles. The number of amides is 1. The lowest BCUT2D eigenvalue weighted by Crippen LogP contribution is -2.14. The normalized spacial score (nSPS) is 11.0. The van der Waals surface area contributed by atoms with E-state index in [9.17, 15) is 4.79 Å². The van der Waals surface area contributed by atoms with E-state index in [2.05, 4.69) is 15.3 Å². The molecule has 2 N–H and O–H groups in total. The van der Waals surface area contributed by atoms with Crippen LogP contribution in [-0.2, 0) is 11.2 Å². The average Bonchev–Trinajstić information content (AvgIpc) is 2.98. The molecule has 0 spiro atoms. The first kappa shape index (κ1) is 13.5. The van der Waals surface area contributed by atoms with Crippen molar-refractivity contribution in [3.63, 3.8) is 0 Å². The number of nitrogens with one attached hydrogen (secondary N) is 2. The van der Waals surface area contributed by atoms with Crippen molar-refractivity contribution in [3.05, 3.63) is 72.6 Å². The zero-order valence-electron chi connectivity index (χ0n) is 12.4. The Morgan fingerprint density at radius 2 is 1.91 bits per heavy atom. The van der Waals surface area contributed by atoms with Gasteiger partial charge in [-0.1, -0.05) is 36.4 Å². The first-order valence-electron chi connectivity index (χ1n) is 7.49. The number of carbonyl (C=O) groups is 1. The molecule has 0 saturated carbocycles. The Kier molecular flexibility index (Phi) is 3.27. The number of hydrogen-bond acceptors (Lipinski definition) is 2. The summed E-state index contributed by atoms with van der Waals surface area (Å²) in [5, 5.41) is 5.02. The summed E-state index contributed by atoms with van der Waals surface area (Å²) in [6.45, 7) is 0. The van der Waals surface area contributed by atoms with Crippen LogP contribution in [0.4, 0.5) is 5.69 Å². The first-order valence-corrected chi connectivity index (χ1v) is 7.49. The van der Waals surface area contributed by atoms with Crippen LogP contribution < -0.4 is 5.32 Å². The van der Waals surface area contributed by atoms with Gasteiger partial charge in [-0.15, -0.1) is 0 Å². The summed E-state index contributed by atoms with van der Waals surface area (Å²) in [6.07, 6.45) is 3.91. The molecule has 0 atom stereocenters. The summed E-state index contributed by atoms with van der Waals surface area (Å²) in [7, 11) is 0. The minimum absolute atomic E-state index is 0.0492. The fourth-order valence-electron chi connectivity index (χ4n) is 2.80. The number of hydrogen-bond donors (Lipinski definition) is 2. The molecule has 23 heavy (non-hydrogen) atoms. The Balaban J connectivity index is 1.55. The van der Waals surface area contributed by atoms with Gasteiger partial charge in [0.2, 0.25) is 5.91 Å². The van der Waals surface area contributed by atoms with Gasteiger partial charge in [-0.3, -0.25) is 9.78 Å². The predicted octanol–water partition coefficient (Wildman–Crippen LogP) is 3.90. The number of anilines is 1. The number of rotatable bonds is 3. The van der Waals surface area contributed by atoms with Gasteiger partial charge < -0.3 is 10.3 Å². The minimum atomic E-state index is -0.0492. The van der Waals surface area contributed by atoms with Gasteiger partial charge in [-0.05, 0) is 23.8 Å². The Morgan fingerprint density at radius 3 is 2.87 bits per heavy atom. The van der Waals surface area contributed by atoms with Crippen molar-refractivity contribution < 1.29 is 4.79 Å². The standard InChI is InChI=1S/C19H15N3O/c23-19(10-14-11-20-18-8-4-2-6-16(14)18)22-15-9-13-5-1-3-7-17(13)21-12-15/h1-9,11-12,20H,10H2,(H,22,23). The zero-order valence-corrected chi connectivity index (χ0v) is 12.4. The molecule has 4 rings (SSSR count). The first-order chi connectivity index (χ1) is 11.3. The lowest BCUT2D eigenvalue weighted by atomic mass is 10.1. The summed E-state index contributed by atoms with van der Waals surface area (Å²) < 4.78 is 0. The predicted molar refractivity (Wildman–Crippen MR) is 92.4 cm³/mol. The lowest BCUT2D eigenvalue weighted by Gasteiger charge is -2.06. The second-order valence-corrected chi connectivity index (χ2v) is 5.50. The molecule has 1 amide bonds. The van der Waals surface area contributed by atoms with Crippen molar-refractivity contribution >= 4 is 33.4 Å². The number of pyridine rings is 1. The molecule has 0 fully saturated rings. The third-order valence-corrected chi connectivity index (χ3v) is 3.90. The van der Waals surface area contributed by atoms with E-state index < -0.39 is 0 Å². The number of para-hydroxylation sites is 2. The van der Waals surface area contributed by atoms with Gasteiger partial charge in [0.05, 0.1) is 23.8 Å². The highest BCUT2D eigenvalue weighted by Gasteiger charge is 2.09. The van der Waals surface area contributed by atoms with Crippen LogP contribution in [0.3, 0.4) is 0 Å². The molecule has 0 aliphatic heterocycles. The Hall–Kier alpha value is -3.14. The summed E-state index contributed by atoms with van der Waals surface area (Å²) >= 11 is 0. The Bertz CT molecular complexity index is 1000. The number of benzene rings is 2. The van der Waals surface area contributed by atoms with E-state index in [4.69, 9.17) is 0 Å². The van der Waals surface area contributed by atoms with Crippen molar-refractivity contribution in [2.45, 2.75) is 6.42 Å². The van der Waals surface area contributed by atoms with E-state index in [-0.39, 0.29) is 5.91 Å². The molecule has 4 heteroatoms. The summed E-state index contributed by atoms with van der Waals surface area (Å²) in [5.41, 5.74) is 3.67. The molecule has 112 valence electrons. The van der Waals surface area contributed by atoms with Gasteiger partial charge in [-0.25, -0.2) is 0 Å². The lowest BCUT2D eigenvalue weighted by molar-refractivity contribution is -0.115. The third-order valence-electron chi connectivity index (χ3n) is 3.90. The smallest absolute Gasteiger partial charge is 0.228 e. The van der Waals surface area contributed by atoms with Crippen LogP contribution in [0.2, 0.25) is 0 Å². The van der Waals surface area contributed by atoms with E-state index in [0.717, 1.165) is 27.4 Å². The number of H-pyrrole nitrogens is 1. The maximum absolute atomic E-state index is 12.3. The van der Waals surface area contributed by atoms with Gasteiger partial charge in [0.25, 0.3) is 0 Å². The van der Waals surface area contributed by atoms with Gasteiger partial charge in [0.15, 0.2) is 0 Å². The van der Waals surface area contributed by atoms with Crippen molar-refractivity contribution in [1.82, 2.24) is 9.97 Å². The van der Waals surface area contributed by atoms with Crippen LogP contribution in [0.5, 0.6) is 0 Å². The van der Waals surface area contributed by atoms with E-state index in [1.54, 1.807) is 6.20 Å². The molecule has 0 radical (unpaired) electrons. The highest BCUT2D eigenvalue weighted by Crippen LogP contribution is 2.19. The monoisotopic (exact) mass is 301 g/mol. The molecule has 0 bridgehead atoms. The largest absolute Gasteiger partial charge is 0.361 e. The van der Waals surface area contributed by atoms with Crippen LogP contribution in [0.1, 0.15) is 5.56 Å². The van der Waals surface area contributed by atoms with Crippen LogP contribution in [0, 0.1) is 0 Å². The van der Waals surface area contributed by atoms with Crippen LogP contribution in [0.25, 0.3) is 21.8 Å². The van der Waals surface area contributed by atoms with Crippen LogP contribution in [-0.4, -0.2) is 15.9 Å². The van der Waals surface area contributed by atoms with Gasteiger partial charge >= 0.3 is 0 Å². The molecule has 2 aromatic heterocycles. The molecular formula is C19H15N3O. The zero-order chi connectivity index (χ0) is 15.6. The quantitative estimate of drug-likeness (QED) is 0.603. The number of aromatic amines is 1. The van der Waals surface area contributed by atoms with Crippen molar-refractivity contribution in [3.8, 4) is 0 Å². The molecule has 4 nitrogen and oxygen atoms in total. The highest BCUT2D eigenvalue weighted by molar-refractivity contribution is 5.97. The topological polar surface area (TPSA) is 57.8 Å².